The lowest BCUT2D eigenvalue weighted by atomic mass is 9.90. The molecule has 0 aliphatic heterocycles. The molecule has 1 aromatic rings. The number of aliphatic carboxylic acids is 1. The van der Waals surface area contributed by atoms with Crippen LogP contribution in [-0.2, 0) is 16.0 Å². The maximum absolute atomic E-state index is 10.9. The molecule has 0 unspecified atom stereocenters. The fourth-order valence-corrected chi connectivity index (χ4v) is 2.58. The van der Waals surface area contributed by atoms with E-state index in [2.05, 4.69) is 4.98 Å². The number of thioether (sulfide) groups is 1. The SMILES string of the molecule is CSCc1nc(C(C)(C)C(=O)O)cs1. The van der Waals surface area contributed by atoms with Crippen molar-refractivity contribution in [3.63, 3.8) is 0 Å². The Kier molecular flexibility index (Phi) is 3.55. The van der Waals surface area contributed by atoms with Gasteiger partial charge in [0.1, 0.15) is 10.4 Å². The number of aromatic nitrogens is 1. The molecule has 78 valence electrons. The maximum atomic E-state index is 10.9. The van der Waals surface area contributed by atoms with Gasteiger partial charge >= 0.3 is 5.97 Å². The summed E-state index contributed by atoms with van der Waals surface area (Å²) in [6, 6.07) is 0. The molecular weight excluding hydrogens is 218 g/mol. The summed E-state index contributed by atoms with van der Waals surface area (Å²) in [6.07, 6.45) is 2.00. The van der Waals surface area contributed by atoms with Crippen molar-refractivity contribution in [2.24, 2.45) is 0 Å². The molecule has 0 spiro atoms. The van der Waals surface area contributed by atoms with E-state index in [4.69, 9.17) is 5.11 Å². The fourth-order valence-electron chi connectivity index (χ4n) is 0.897. The first-order valence-electron chi connectivity index (χ1n) is 4.15. The molecule has 3 nitrogen and oxygen atoms in total. The first kappa shape index (κ1) is 11.5. The zero-order valence-corrected chi connectivity index (χ0v) is 10.0. The molecule has 0 bridgehead atoms. The monoisotopic (exact) mass is 231 g/mol. The van der Waals surface area contributed by atoms with Gasteiger partial charge in [0.05, 0.1) is 5.69 Å². The number of nitrogens with zero attached hydrogens (tertiary/aromatic N) is 1. The molecule has 0 aromatic carbocycles. The lowest BCUT2D eigenvalue weighted by Gasteiger charge is -2.15. The van der Waals surface area contributed by atoms with E-state index >= 15 is 0 Å². The summed E-state index contributed by atoms with van der Waals surface area (Å²) in [5.74, 6) is 0.0129. The van der Waals surface area contributed by atoms with Crippen molar-refractivity contribution in [3.05, 3.63) is 16.1 Å². The third kappa shape index (κ3) is 2.27. The van der Waals surface area contributed by atoms with Crippen LogP contribution in [0.1, 0.15) is 24.5 Å². The second kappa shape index (κ2) is 4.31. The minimum atomic E-state index is -0.882. The zero-order chi connectivity index (χ0) is 10.8. The highest BCUT2D eigenvalue weighted by atomic mass is 32.2. The number of thiazole rings is 1. The summed E-state index contributed by atoms with van der Waals surface area (Å²) >= 11 is 3.21. The Morgan fingerprint density at radius 1 is 1.71 bits per heavy atom. The van der Waals surface area contributed by atoms with Gasteiger partial charge in [0.15, 0.2) is 0 Å². The predicted octanol–water partition coefficient (Wildman–Crippen LogP) is 2.37. The van der Waals surface area contributed by atoms with Gasteiger partial charge in [0.25, 0.3) is 0 Å². The molecule has 1 N–H and O–H groups in total. The fraction of sp³-hybridized carbons (Fsp3) is 0.556. The number of hydrogen-bond acceptors (Lipinski definition) is 4. The summed E-state index contributed by atoms with van der Waals surface area (Å²) < 4.78 is 0. The second-order valence-corrected chi connectivity index (χ2v) is 5.30. The molecule has 0 fully saturated rings. The van der Waals surface area contributed by atoms with Crippen LogP contribution in [-0.4, -0.2) is 22.3 Å². The van der Waals surface area contributed by atoms with Crippen LogP contribution < -0.4 is 0 Å². The minimum Gasteiger partial charge on any atom is -0.481 e. The maximum Gasteiger partial charge on any atom is 0.315 e. The van der Waals surface area contributed by atoms with Gasteiger partial charge in [-0.2, -0.15) is 11.8 Å². The van der Waals surface area contributed by atoms with Crippen molar-refractivity contribution in [2.45, 2.75) is 25.0 Å². The van der Waals surface area contributed by atoms with Gasteiger partial charge < -0.3 is 5.11 Å². The van der Waals surface area contributed by atoms with Gasteiger partial charge in [-0.25, -0.2) is 4.98 Å². The lowest BCUT2D eigenvalue weighted by Crippen LogP contribution is -2.28. The Hall–Kier alpha value is -0.550. The Morgan fingerprint density at radius 2 is 2.36 bits per heavy atom. The first-order chi connectivity index (χ1) is 6.48. The van der Waals surface area contributed by atoms with Crippen LogP contribution in [0.4, 0.5) is 0 Å². The summed E-state index contributed by atoms with van der Waals surface area (Å²) in [6.45, 7) is 3.35. The van der Waals surface area contributed by atoms with Crippen molar-refractivity contribution >= 4 is 29.1 Å². The highest BCUT2D eigenvalue weighted by molar-refractivity contribution is 7.97. The molecule has 0 atom stereocenters. The smallest absolute Gasteiger partial charge is 0.315 e. The molecule has 0 radical (unpaired) electrons. The predicted molar refractivity (Wildman–Crippen MR) is 60.0 cm³/mol. The van der Waals surface area contributed by atoms with Gasteiger partial charge in [0.2, 0.25) is 0 Å². The quantitative estimate of drug-likeness (QED) is 0.864. The van der Waals surface area contributed by atoms with E-state index in [1.807, 2.05) is 11.6 Å². The lowest BCUT2D eigenvalue weighted by molar-refractivity contribution is -0.142. The van der Waals surface area contributed by atoms with Crippen LogP contribution in [0.5, 0.6) is 0 Å². The number of carboxylic acids is 1. The van der Waals surface area contributed by atoms with E-state index < -0.39 is 11.4 Å². The van der Waals surface area contributed by atoms with Crippen LogP contribution in [0.3, 0.4) is 0 Å². The Morgan fingerprint density at radius 3 is 2.86 bits per heavy atom. The molecule has 14 heavy (non-hydrogen) atoms. The number of carboxylic acid groups (broad SMARTS) is 1. The summed E-state index contributed by atoms with van der Waals surface area (Å²) in [7, 11) is 0. The van der Waals surface area contributed by atoms with E-state index in [1.54, 1.807) is 25.6 Å². The molecule has 1 rings (SSSR count). The number of rotatable bonds is 4. The average Bonchev–Trinajstić information content (AvgIpc) is 2.53. The molecule has 1 heterocycles. The van der Waals surface area contributed by atoms with Crippen molar-refractivity contribution in [1.82, 2.24) is 4.98 Å². The van der Waals surface area contributed by atoms with Crippen molar-refractivity contribution < 1.29 is 9.90 Å². The van der Waals surface area contributed by atoms with Crippen molar-refractivity contribution in [1.29, 1.82) is 0 Å². The number of carbonyl (C=O) groups is 1. The van der Waals surface area contributed by atoms with Crippen LogP contribution in [0.15, 0.2) is 5.38 Å². The van der Waals surface area contributed by atoms with E-state index in [9.17, 15) is 4.79 Å². The highest BCUT2D eigenvalue weighted by Crippen LogP contribution is 2.26. The van der Waals surface area contributed by atoms with Gasteiger partial charge in [-0.15, -0.1) is 11.3 Å². The summed E-state index contributed by atoms with van der Waals surface area (Å²) in [5.41, 5.74) is -0.230. The Balaban J connectivity index is 2.91. The Labute approximate surface area is 91.6 Å². The molecule has 0 saturated carbocycles. The second-order valence-electron chi connectivity index (χ2n) is 3.49. The van der Waals surface area contributed by atoms with Gasteiger partial charge in [0, 0.05) is 11.1 Å². The molecule has 0 amide bonds. The standard InChI is InChI=1S/C9H13NO2S2/c1-9(2,8(11)12)6-4-14-7(10-6)5-13-3/h4H,5H2,1-3H3,(H,11,12). The molecule has 5 heteroatoms. The highest BCUT2D eigenvalue weighted by Gasteiger charge is 2.31. The molecular formula is C9H13NO2S2. The third-order valence-corrected chi connectivity index (χ3v) is 3.59. The van der Waals surface area contributed by atoms with E-state index in [0.717, 1.165) is 10.8 Å². The van der Waals surface area contributed by atoms with Crippen molar-refractivity contribution in [3.8, 4) is 0 Å². The topological polar surface area (TPSA) is 50.2 Å². The molecule has 0 aliphatic carbocycles. The largest absolute Gasteiger partial charge is 0.481 e. The molecule has 0 saturated heterocycles. The van der Waals surface area contributed by atoms with Gasteiger partial charge in [-0.3, -0.25) is 4.79 Å². The molecule has 0 aliphatic rings. The van der Waals surface area contributed by atoms with E-state index in [1.165, 1.54) is 11.3 Å². The average molecular weight is 231 g/mol. The Bertz CT molecular complexity index is 333. The van der Waals surface area contributed by atoms with Gasteiger partial charge in [-0.1, -0.05) is 0 Å². The van der Waals surface area contributed by atoms with Crippen molar-refractivity contribution in [2.75, 3.05) is 6.26 Å². The zero-order valence-electron chi connectivity index (χ0n) is 8.40. The van der Waals surface area contributed by atoms with Crippen LogP contribution in [0.2, 0.25) is 0 Å². The van der Waals surface area contributed by atoms with E-state index in [-0.39, 0.29) is 0 Å². The minimum absolute atomic E-state index is 0.652. The normalized spacial score (nSPS) is 11.6. The summed E-state index contributed by atoms with van der Waals surface area (Å²) in [5, 5.41) is 11.8. The van der Waals surface area contributed by atoms with Gasteiger partial charge in [-0.05, 0) is 20.1 Å². The van der Waals surface area contributed by atoms with E-state index in [0.29, 0.717) is 5.69 Å². The third-order valence-electron chi connectivity index (χ3n) is 1.99. The summed E-state index contributed by atoms with van der Waals surface area (Å²) in [4.78, 5) is 15.3. The molecule has 1 aromatic heterocycles. The van der Waals surface area contributed by atoms with Crippen LogP contribution >= 0.6 is 23.1 Å². The van der Waals surface area contributed by atoms with Crippen LogP contribution in [0.25, 0.3) is 0 Å². The first-order valence-corrected chi connectivity index (χ1v) is 6.43. The van der Waals surface area contributed by atoms with Crippen LogP contribution in [0, 0.1) is 0 Å². The number of hydrogen-bond donors (Lipinski definition) is 1.